The Balaban J connectivity index is 2.00. The molecule has 3 nitrogen and oxygen atoms in total. The average molecular weight is 292 g/mol. The van der Waals surface area contributed by atoms with Gasteiger partial charge in [0.15, 0.2) is 0 Å². The highest BCUT2D eigenvalue weighted by atomic mass is 16.1. The van der Waals surface area contributed by atoms with Crippen molar-refractivity contribution in [1.82, 2.24) is 10.6 Å². The summed E-state index contributed by atoms with van der Waals surface area (Å²) < 4.78 is 0. The molecule has 0 aliphatic carbocycles. The molecule has 1 amide bonds. The minimum absolute atomic E-state index is 0.0367. The lowest BCUT2D eigenvalue weighted by atomic mass is 10.0. The summed E-state index contributed by atoms with van der Waals surface area (Å²) in [6, 6.07) is 15.4. The molecule has 0 aromatic heterocycles. The number of carbonyl (C=O) groups is 1. The number of carbonyl (C=O) groups excluding carboxylic acids is 1. The van der Waals surface area contributed by atoms with E-state index in [0.29, 0.717) is 12.1 Å². The van der Waals surface area contributed by atoms with Crippen molar-refractivity contribution >= 4 is 5.91 Å². The molecular weight excluding hydrogens is 272 g/mol. The van der Waals surface area contributed by atoms with Crippen LogP contribution in [0.5, 0.6) is 0 Å². The zero-order valence-corrected chi connectivity index (χ0v) is 12.7. The topological polar surface area (TPSA) is 41.1 Å². The highest BCUT2D eigenvalue weighted by Crippen LogP contribution is 2.20. The van der Waals surface area contributed by atoms with Crippen LogP contribution in [-0.2, 0) is 0 Å². The van der Waals surface area contributed by atoms with Gasteiger partial charge in [-0.05, 0) is 55.4 Å². The molecule has 0 atom stereocenters. The summed E-state index contributed by atoms with van der Waals surface area (Å²) in [5, 5.41) is 5.96. The molecule has 0 aliphatic rings. The Hall–Kier alpha value is -2.57. The normalized spacial score (nSPS) is 10.0. The van der Waals surface area contributed by atoms with Gasteiger partial charge < -0.3 is 10.6 Å². The van der Waals surface area contributed by atoms with Crippen LogP contribution in [0.4, 0.5) is 0 Å². The zero-order chi connectivity index (χ0) is 15.8. The van der Waals surface area contributed by atoms with Gasteiger partial charge in [0, 0.05) is 17.7 Å². The Morgan fingerprint density at radius 2 is 1.59 bits per heavy atom. The fraction of sp³-hybridized carbons (Fsp3) is 0.211. The molecule has 112 valence electrons. The molecule has 2 aromatic rings. The predicted molar refractivity (Wildman–Crippen MR) is 90.7 cm³/mol. The first-order valence-electron chi connectivity index (χ1n) is 7.34. The molecule has 0 aliphatic heterocycles. The molecular formula is C19H20N2O. The second-order valence-corrected chi connectivity index (χ2v) is 5.01. The van der Waals surface area contributed by atoms with Crippen LogP contribution in [0.3, 0.4) is 0 Å². The molecule has 2 N–H and O–H groups in total. The lowest BCUT2D eigenvalue weighted by Gasteiger charge is -2.06. The Bertz CT molecular complexity index is 651. The summed E-state index contributed by atoms with van der Waals surface area (Å²) in [4.78, 5) is 12.0. The summed E-state index contributed by atoms with van der Waals surface area (Å²) >= 11 is 0. The quantitative estimate of drug-likeness (QED) is 0.635. The van der Waals surface area contributed by atoms with Gasteiger partial charge in [0.2, 0.25) is 0 Å². The second kappa shape index (κ2) is 8.02. The van der Waals surface area contributed by atoms with E-state index in [4.69, 9.17) is 6.42 Å². The van der Waals surface area contributed by atoms with E-state index in [1.807, 2.05) is 55.6 Å². The van der Waals surface area contributed by atoms with Crippen molar-refractivity contribution in [2.75, 3.05) is 20.1 Å². The Kier molecular flexibility index (Phi) is 5.76. The van der Waals surface area contributed by atoms with E-state index in [1.54, 1.807) is 0 Å². The van der Waals surface area contributed by atoms with Crippen molar-refractivity contribution in [2.24, 2.45) is 0 Å². The average Bonchev–Trinajstić information content (AvgIpc) is 2.59. The van der Waals surface area contributed by atoms with Crippen LogP contribution >= 0.6 is 0 Å². The van der Waals surface area contributed by atoms with Gasteiger partial charge in [0.05, 0.1) is 0 Å². The molecule has 2 rings (SSSR count). The van der Waals surface area contributed by atoms with Gasteiger partial charge in [-0.3, -0.25) is 4.79 Å². The molecule has 0 bridgehead atoms. The lowest BCUT2D eigenvalue weighted by Crippen LogP contribution is -2.26. The third-order valence-corrected chi connectivity index (χ3v) is 3.42. The molecule has 0 radical (unpaired) electrons. The summed E-state index contributed by atoms with van der Waals surface area (Å²) in [5.41, 5.74) is 3.69. The van der Waals surface area contributed by atoms with Gasteiger partial charge in [-0.15, -0.1) is 6.42 Å². The molecule has 0 heterocycles. The van der Waals surface area contributed by atoms with Crippen molar-refractivity contribution in [3.05, 3.63) is 59.7 Å². The van der Waals surface area contributed by atoms with E-state index in [-0.39, 0.29) is 5.91 Å². The van der Waals surface area contributed by atoms with Crippen LogP contribution in [0.25, 0.3) is 11.1 Å². The minimum atomic E-state index is -0.0367. The predicted octanol–water partition coefficient (Wildman–Crippen LogP) is 2.67. The van der Waals surface area contributed by atoms with Crippen LogP contribution in [-0.4, -0.2) is 26.0 Å². The van der Waals surface area contributed by atoms with Crippen molar-refractivity contribution in [2.45, 2.75) is 6.42 Å². The van der Waals surface area contributed by atoms with Crippen LogP contribution in [0.15, 0.2) is 48.5 Å². The van der Waals surface area contributed by atoms with Crippen molar-refractivity contribution in [3.63, 3.8) is 0 Å². The Labute approximate surface area is 131 Å². The molecule has 0 fully saturated rings. The molecule has 22 heavy (non-hydrogen) atoms. The van der Waals surface area contributed by atoms with Gasteiger partial charge >= 0.3 is 0 Å². The van der Waals surface area contributed by atoms with Gasteiger partial charge in [0.25, 0.3) is 5.91 Å². The first kappa shape index (κ1) is 15.8. The van der Waals surface area contributed by atoms with Crippen molar-refractivity contribution in [3.8, 4) is 23.5 Å². The SMILES string of the molecule is C#Cc1ccc(-c2ccc(C(=O)NCCCNC)cc2)cc1. The van der Waals surface area contributed by atoms with E-state index in [0.717, 1.165) is 29.7 Å². The van der Waals surface area contributed by atoms with E-state index in [9.17, 15) is 4.79 Å². The summed E-state index contributed by atoms with van der Waals surface area (Å²) in [5.74, 6) is 2.56. The number of benzene rings is 2. The summed E-state index contributed by atoms with van der Waals surface area (Å²) in [6.07, 6.45) is 6.27. The van der Waals surface area contributed by atoms with Crippen LogP contribution in [0.1, 0.15) is 22.3 Å². The van der Waals surface area contributed by atoms with Crippen LogP contribution in [0.2, 0.25) is 0 Å². The number of rotatable bonds is 6. The fourth-order valence-electron chi connectivity index (χ4n) is 2.14. The molecule has 2 aromatic carbocycles. The Morgan fingerprint density at radius 3 is 2.14 bits per heavy atom. The molecule has 0 unspecified atom stereocenters. The second-order valence-electron chi connectivity index (χ2n) is 5.01. The standard InChI is InChI=1S/C19H20N2O/c1-3-15-5-7-16(8-6-15)17-9-11-18(12-10-17)19(22)21-14-4-13-20-2/h1,5-12,20H,4,13-14H2,2H3,(H,21,22). The molecule has 3 heteroatoms. The van der Waals surface area contributed by atoms with E-state index < -0.39 is 0 Å². The van der Waals surface area contributed by atoms with Crippen LogP contribution < -0.4 is 10.6 Å². The van der Waals surface area contributed by atoms with Gasteiger partial charge in [0.1, 0.15) is 0 Å². The third kappa shape index (κ3) is 4.21. The summed E-state index contributed by atoms with van der Waals surface area (Å²) in [6.45, 7) is 1.57. The van der Waals surface area contributed by atoms with E-state index >= 15 is 0 Å². The Morgan fingerprint density at radius 1 is 1.00 bits per heavy atom. The van der Waals surface area contributed by atoms with Crippen molar-refractivity contribution < 1.29 is 4.79 Å². The van der Waals surface area contributed by atoms with Gasteiger partial charge in [-0.2, -0.15) is 0 Å². The number of nitrogens with one attached hydrogen (secondary N) is 2. The maximum absolute atomic E-state index is 12.0. The maximum atomic E-state index is 12.0. The number of hydrogen-bond donors (Lipinski definition) is 2. The smallest absolute Gasteiger partial charge is 0.251 e. The van der Waals surface area contributed by atoms with E-state index in [1.165, 1.54) is 0 Å². The largest absolute Gasteiger partial charge is 0.352 e. The number of amides is 1. The fourth-order valence-corrected chi connectivity index (χ4v) is 2.14. The highest BCUT2D eigenvalue weighted by molar-refractivity contribution is 5.94. The zero-order valence-electron chi connectivity index (χ0n) is 12.7. The summed E-state index contributed by atoms with van der Waals surface area (Å²) in [7, 11) is 1.90. The molecule has 0 saturated carbocycles. The maximum Gasteiger partial charge on any atom is 0.251 e. The number of hydrogen-bond acceptors (Lipinski definition) is 2. The number of terminal acetylenes is 1. The van der Waals surface area contributed by atoms with Gasteiger partial charge in [-0.25, -0.2) is 0 Å². The third-order valence-electron chi connectivity index (χ3n) is 3.42. The van der Waals surface area contributed by atoms with Gasteiger partial charge in [-0.1, -0.05) is 30.2 Å². The molecule has 0 saturated heterocycles. The lowest BCUT2D eigenvalue weighted by molar-refractivity contribution is 0.0953. The minimum Gasteiger partial charge on any atom is -0.352 e. The first-order valence-corrected chi connectivity index (χ1v) is 7.34. The molecule has 0 spiro atoms. The first-order chi connectivity index (χ1) is 10.7. The highest BCUT2D eigenvalue weighted by Gasteiger charge is 2.05. The van der Waals surface area contributed by atoms with E-state index in [2.05, 4.69) is 16.6 Å². The van der Waals surface area contributed by atoms with Crippen LogP contribution in [0, 0.1) is 12.3 Å². The monoisotopic (exact) mass is 292 g/mol. The van der Waals surface area contributed by atoms with Crippen molar-refractivity contribution in [1.29, 1.82) is 0 Å².